The fourth-order valence-corrected chi connectivity index (χ4v) is 4.31. The van der Waals surface area contributed by atoms with E-state index in [1.165, 1.54) is 0 Å². The fraction of sp³-hybridized carbons (Fsp3) is 0.348. The maximum atomic E-state index is 12.5. The van der Waals surface area contributed by atoms with Crippen molar-refractivity contribution in [3.63, 3.8) is 0 Å². The van der Waals surface area contributed by atoms with Crippen LogP contribution in [0.15, 0.2) is 54.6 Å². The molecule has 2 aliphatic rings. The lowest BCUT2D eigenvalue weighted by Gasteiger charge is -2.38. The van der Waals surface area contributed by atoms with Crippen LogP contribution in [0.1, 0.15) is 39.1 Å². The first kappa shape index (κ1) is 19.3. The van der Waals surface area contributed by atoms with Crippen LogP contribution >= 0.6 is 0 Å². The van der Waals surface area contributed by atoms with Crippen LogP contribution in [0.5, 0.6) is 0 Å². The molecule has 1 unspecified atom stereocenters. The zero-order valence-corrected chi connectivity index (χ0v) is 16.1. The Labute approximate surface area is 170 Å². The summed E-state index contributed by atoms with van der Waals surface area (Å²) in [6.07, 6.45) is 0.545. The normalized spacial score (nSPS) is 19.7. The Kier molecular flexibility index (Phi) is 5.18. The quantitative estimate of drug-likeness (QED) is 0.793. The molecule has 1 fully saturated rings. The molecular weight excluding hydrogens is 366 g/mol. The van der Waals surface area contributed by atoms with E-state index >= 15 is 0 Å². The number of carbonyl (C=O) groups excluding carboxylic acids is 2. The molecular formula is C23H23N3O3. The third kappa shape index (κ3) is 3.55. The van der Waals surface area contributed by atoms with Gasteiger partial charge in [-0.2, -0.15) is 5.26 Å². The van der Waals surface area contributed by atoms with E-state index in [4.69, 9.17) is 0 Å². The number of nitrogens with zero attached hydrogens (tertiary/aromatic N) is 3. The Morgan fingerprint density at radius 1 is 0.931 bits per heavy atom. The maximum absolute atomic E-state index is 12.5. The highest BCUT2D eigenvalue weighted by atomic mass is 16.3. The minimum atomic E-state index is -0.830. The smallest absolute Gasteiger partial charge is 0.261 e. The van der Waals surface area contributed by atoms with E-state index in [-0.39, 0.29) is 18.4 Å². The van der Waals surface area contributed by atoms with Crippen LogP contribution in [0.3, 0.4) is 0 Å². The third-order valence-corrected chi connectivity index (χ3v) is 5.99. The molecule has 148 valence electrons. The molecule has 2 aromatic carbocycles. The third-order valence-electron chi connectivity index (χ3n) is 5.99. The summed E-state index contributed by atoms with van der Waals surface area (Å²) in [7, 11) is 0. The van der Waals surface area contributed by atoms with E-state index in [9.17, 15) is 20.0 Å². The largest absolute Gasteiger partial charge is 0.390 e. The molecule has 1 atom stereocenters. The second kappa shape index (κ2) is 7.78. The van der Waals surface area contributed by atoms with Crippen molar-refractivity contribution in [2.45, 2.75) is 24.4 Å². The van der Waals surface area contributed by atoms with Gasteiger partial charge in [-0.1, -0.05) is 42.5 Å². The zero-order valence-electron chi connectivity index (χ0n) is 16.1. The van der Waals surface area contributed by atoms with Crippen LogP contribution in [0, 0.1) is 11.3 Å². The van der Waals surface area contributed by atoms with Gasteiger partial charge in [0.05, 0.1) is 35.3 Å². The average Bonchev–Trinajstić information content (AvgIpc) is 3.00. The zero-order chi connectivity index (χ0) is 20.4. The molecule has 29 heavy (non-hydrogen) atoms. The van der Waals surface area contributed by atoms with Gasteiger partial charge in [-0.15, -0.1) is 0 Å². The second-order valence-corrected chi connectivity index (χ2v) is 7.78. The van der Waals surface area contributed by atoms with Crippen LogP contribution in [-0.2, 0) is 5.41 Å². The van der Waals surface area contributed by atoms with Crippen molar-refractivity contribution in [2.24, 2.45) is 0 Å². The first-order valence-corrected chi connectivity index (χ1v) is 9.86. The monoisotopic (exact) mass is 389 g/mol. The number of likely N-dealkylation sites (tertiary alicyclic amines) is 1. The molecule has 6 heteroatoms. The van der Waals surface area contributed by atoms with E-state index in [1.54, 1.807) is 24.3 Å². The molecule has 1 N–H and O–H groups in total. The maximum Gasteiger partial charge on any atom is 0.261 e. The summed E-state index contributed by atoms with van der Waals surface area (Å²) >= 11 is 0. The van der Waals surface area contributed by atoms with E-state index in [0.29, 0.717) is 43.6 Å². The number of rotatable bonds is 5. The molecule has 2 heterocycles. The van der Waals surface area contributed by atoms with Crippen molar-refractivity contribution < 1.29 is 14.7 Å². The number of aliphatic hydroxyl groups is 1. The van der Waals surface area contributed by atoms with Crippen LogP contribution in [0.25, 0.3) is 0 Å². The van der Waals surface area contributed by atoms with E-state index in [1.807, 2.05) is 30.3 Å². The highest BCUT2D eigenvalue weighted by Crippen LogP contribution is 2.35. The molecule has 0 aromatic heterocycles. The lowest BCUT2D eigenvalue weighted by atomic mass is 9.74. The Bertz CT molecular complexity index is 924. The molecule has 4 rings (SSSR count). The van der Waals surface area contributed by atoms with Gasteiger partial charge in [-0.05, 0) is 30.5 Å². The predicted molar refractivity (Wildman–Crippen MR) is 107 cm³/mol. The van der Waals surface area contributed by atoms with Gasteiger partial charge in [-0.3, -0.25) is 14.5 Å². The fourth-order valence-electron chi connectivity index (χ4n) is 4.31. The Morgan fingerprint density at radius 3 is 2.03 bits per heavy atom. The number of piperidine rings is 1. The number of nitriles is 1. The molecule has 2 aliphatic heterocycles. The Morgan fingerprint density at radius 2 is 1.48 bits per heavy atom. The summed E-state index contributed by atoms with van der Waals surface area (Å²) in [4.78, 5) is 28.1. The van der Waals surface area contributed by atoms with Crippen LogP contribution in [0.4, 0.5) is 0 Å². The van der Waals surface area contributed by atoms with Gasteiger partial charge in [0, 0.05) is 19.6 Å². The summed E-state index contributed by atoms with van der Waals surface area (Å²) in [5, 5.41) is 20.3. The van der Waals surface area contributed by atoms with E-state index < -0.39 is 11.5 Å². The lowest BCUT2D eigenvalue weighted by molar-refractivity contribution is 0.0436. The van der Waals surface area contributed by atoms with Crippen molar-refractivity contribution in [1.29, 1.82) is 5.26 Å². The van der Waals surface area contributed by atoms with E-state index in [0.717, 1.165) is 10.5 Å². The topological polar surface area (TPSA) is 84.6 Å². The molecule has 0 aliphatic carbocycles. The number of benzene rings is 2. The minimum absolute atomic E-state index is 0.0229. The molecule has 2 amide bonds. The van der Waals surface area contributed by atoms with Gasteiger partial charge < -0.3 is 10.0 Å². The van der Waals surface area contributed by atoms with Crippen molar-refractivity contribution in [2.75, 3.05) is 26.2 Å². The lowest BCUT2D eigenvalue weighted by Crippen LogP contribution is -2.47. The van der Waals surface area contributed by atoms with Crippen molar-refractivity contribution in [3.8, 4) is 6.07 Å². The Balaban J connectivity index is 1.35. The standard InChI is InChI=1S/C23H23N3O3/c24-16-23(17-6-2-1-3-7-17)10-12-25(13-11-23)14-18(27)15-26-21(28)19-8-4-5-9-20(19)22(26)29/h1-9,18,27H,10-15H2. The number of hydrogen-bond acceptors (Lipinski definition) is 5. The SMILES string of the molecule is N#CC1(c2ccccc2)CCN(CC(O)CN2C(=O)c3ccccc3C2=O)CC1. The average molecular weight is 389 g/mol. The summed E-state index contributed by atoms with van der Waals surface area (Å²) in [6.45, 7) is 1.71. The Hall–Kier alpha value is -3.01. The summed E-state index contributed by atoms with van der Waals surface area (Å²) in [5.74, 6) is -0.702. The molecule has 0 bridgehead atoms. The predicted octanol–water partition coefficient (Wildman–Crippen LogP) is 2.20. The second-order valence-electron chi connectivity index (χ2n) is 7.78. The summed E-state index contributed by atoms with van der Waals surface area (Å²) in [5.41, 5.74) is 1.33. The van der Waals surface area contributed by atoms with Crippen LogP contribution < -0.4 is 0 Å². The van der Waals surface area contributed by atoms with Gasteiger partial charge in [0.25, 0.3) is 11.8 Å². The van der Waals surface area contributed by atoms with Gasteiger partial charge in [0.1, 0.15) is 0 Å². The molecule has 2 aromatic rings. The van der Waals surface area contributed by atoms with Gasteiger partial charge in [-0.25, -0.2) is 0 Å². The van der Waals surface area contributed by atoms with Crippen LogP contribution in [-0.4, -0.2) is 59.0 Å². The molecule has 6 nitrogen and oxygen atoms in total. The first-order chi connectivity index (χ1) is 14.0. The highest BCUT2D eigenvalue weighted by Gasteiger charge is 2.38. The van der Waals surface area contributed by atoms with Crippen molar-refractivity contribution in [3.05, 3.63) is 71.3 Å². The summed E-state index contributed by atoms with van der Waals surface area (Å²) in [6, 6.07) is 19.1. The molecule has 0 radical (unpaired) electrons. The number of carbonyl (C=O) groups is 2. The number of hydrogen-bond donors (Lipinski definition) is 1. The van der Waals surface area contributed by atoms with Crippen molar-refractivity contribution >= 4 is 11.8 Å². The number of fused-ring (bicyclic) bond motifs is 1. The highest BCUT2D eigenvalue weighted by molar-refractivity contribution is 6.21. The molecule has 0 spiro atoms. The van der Waals surface area contributed by atoms with Gasteiger partial charge >= 0.3 is 0 Å². The molecule has 0 saturated carbocycles. The van der Waals surface area contributed by atoms with E-state index in [2.05, 4.69) is 11.0 Å². The summed E-state index contributed by atoms with van der Waals surface area (Å²) < 4.78 is 0. The van der Waals surface area contributed by atoms with Gasteiger partial charge in [0.2, 0.25) is 0 Å². The minimum Gasteiger partial charge on any atom is -0.390 e. The van der Waals surface area contributed by atoms with Crippen molar-refractivity contribution in [1.82, 2.24) is 9.80 Å². The first-order valence-electron chi connectivity index (χ1n) is 9.86. The number of amides is 2. The van der Waals surface area contributed by atoms with Crippen LogP contribution in [0.2, 0.25) is 0 Å². The number of imide groups is 1. The number of β-amino-alcohol motifs (C(OH)–C–C–N with tert-alkyl or cyclic N) is 1. The van der Waals surface area contributed by atoms with Gasteiger partial charge in [0.15, 0.2) is 0 Å². The number of aliphatic hydroxyl groups excluding tert-OH is 1. The molecule has 1 saturated heterocycles.